The van der Waals surface area contributed by atoms with E-state index >= 15 is 0 Å². The van der Waals surface area contributed by atoms with Crippen molar-refractivity contribution in [3.8, 4) is 11.8 Å². The molecule has 0 radical (unpaired) electrons. The van der Waals surface area contributed by atoms with E-state index in [0.717, 1.165) is 24.5 Å². The Kier molecular flexibility index (Phi) is 5.29. The molecule has 2 nitrogen and oxygen atoms in total. The first-order valence-corrected chi connectivity index (χ1v) is 5.80. The van der Waals surface area contributed by atoms with Crippen LogP contribution >= 0.6 is 11.8 Å². The summed E-state index contributed by atoms with van der Waals surface area (Å²) in [6.45, 7) is 2.76. The smallest absolute Gasteiger partial charge is 0.0827 e. The summed E-state index contributed by atoms with van der Waals surface area (Å²) in [5.41, 5.74) is 0. The van der Waals surface area contributed by atoms with Gasteiger partial charge in [-0.05, 0) is 14.0 Å². The van der Waals surface area contributed by atoms with E-state index in [2.05, 4.69) is 17.2 Å². The van der Waals surface area contributed by atoms with Crippen molar-refractivity contribution in [1.29, 1.82) is 0 Å². The molecule has 2 unspecified atom stereocenters. The van der Waals surface area contributed by atoms with Crippen LogP contribution in [0.4, 0.5) is 0 Å². The standard InChI is InChI=1S/C10H17NOS/c1-3-4-5-9(11-2)10-8-13-7-6-12-10/h9-11H,5-8H2,1-2H3. The first kappa shape index (κ1) is 10.9. The zero-order valence-corrected chi connectivity index (χ0v) is 9.12. The van der Waals surface area contributed by atoms with Crippen LogP contribution in [-0.2, 0) is 4.74 Å². The molecule has 3 heteroatoms. The van der Waals surface area contributed by atoms with Gasteiger partial charge in [0.25, 0.3) is 0 Å². The SMILES string of the molecule is CC#CCC(NC)C1CSCCO1. The molecule has 0 spiro atoms. The third-order valence-electron chi connectivity index (χ3n) is 2.16. The third-order valence-corrected chi connectivity index (χ3v) is 3.18. The molecule has 0 aliphatic carbocycles. The molecule has 1 fully saturated rings. The van der Waals surface area contributed by atoms with Crippen LogP contribution in [0, 0.1) is 11.8 Å². The zero-order valence-electron chi connectivity index (χ0n) is 8.30. The van der Waals surface area contributed by atoms with Gasteiger partial charge >= 0.3 is 0 Å². The molecule has 1 heterocycles. The lowest BCUT2D eigenvalue weighted by molar-refractivity contribution is 0.0504. The molecular formula is C10H17NOS. The van der Waals surface area contributed by atoms with Crippen LogP contribution < -0.4 is 5.32 Å². The predicted molar refractivity (Wildman–Crippen MR) is 58.0 cm³/mol. The summed E-state index contributed by atoms with van der Waals surface area (Å²) in [5.74, 6) is 8.24. The van der Waals surface area contributed by atoms with E-state index in [-0.39, 0.29) is 0 Å². The summed E-state index contributed by atoms with van der Waals surface area (Å²) in [7, 11) is 1.98. The highest BCUT2D eigenvalue weighted by Gasteiger charge is 2.22. The Bertz CT molecular complexity index is 191. The number of likely N-dealkylation sites (N-methyl/N-ethyl adjacent to an activating group) is 1. The van der Waals surface area contributed by atoms with E-state index < -0.39 is 0 Å². The maximum Gasteiger partial charge on any atom is 0.0827 e. The highest BCUT2D eigenvalue weighted by molar-refractivity contribution is 7.99. The Morgan fingerprint density at radius 2 is 2.54 bits per heavy atom. The summed E-state index contributed by atoms with van der Waals surface area (Å²) in [6, 6.07) is 0.389. The molecular weight excluding hydrogens is 182 g/mol. The lowest BCUT2D eigenvalue weighted by Crippen LogP contribution is -2.42. The molecule has 0 aromatic heterocycles. The van der Waals surface area contributed by atoms with Gasteiger partial charge in [0.05, 0.1) is 12.7 Å². The van der Waals surface area contributed by atoms with Crippen molar-refractivity contribution in [2.45, 2.75) is 25.5 Å². The minimum atomic E-state index is 0.338. The molecule has 1 rings (SSSR count). The van der Waals surface area contributed by atoms with Gasteiger partial charge in [0.1, 0.15) is 0 Å². The van der Waals surface area contributed by atoms with Gasteiger partial charge in [-0.15, -0.1) is 11.8 Å². The Balaban J connectivity index is 2.37. The summed E-state index contributed by atoms with van der Waals surface area (Å²) in [5, 5.41) is 3.27. The number of thioether (sulfide) groups is 1. The van der Waals surface area contributed by atoms with Gasteiger partial charge in [0.2, 0.25) is 0 Å². The van der Waals surface area contributed by atoms with Gasteiger partial charge in [-0.2, -0.15) is 11.8 Å². The first-order valence-electron chi connectivity index (χ1n) is 4.64. The largest absolute Gasteiger partial charge is 0.375 e. The van der Waals surface area contributed by atoms with Crippen LogP contribution in [0.2, 0.25) is 0 Å². The second-order valence-electron chi connectivity index (χ2n) is 3.01. The van der Waals surface area contributed by atoms with Crippen molar-refractivity contribution in [1.82, 2.24) is 5.32 Å². The van der Waals surface area contributed by atoms with E-state index in [4.69, 9.17) is 4.74 Å². The van der Waals surface area contributed by atoms with Gasteiger partial charge < -0.3 is 10.1 Å². The van der Waals surface area contributed by atoms with Crippen molar-refractivity contribution in [2.24, 2.45) is 0 Å². The molecule has 13 heavy (non-hydrogen) atoms. The van der Waals surface area contributed by atoms with E-state index in [1.54, 1.807) is 0 Å². The van der Waals surface area contributed by atoms with Crippen LogP contribution in [-0.4, -0.2) is 37.3 Å². The number of hydrogen-bond donors (Lipinski definition) is 1. The molecule has 2 atom stereocenters. The van der Waals surface area contributed by atoms with Crippen LogP contribution in [0.3, 0.4) is 0 Å². The fourth-order valence-electron chi connectivity index (χ4n) is 1.37. The first-order chi connectivity index (χ1) is 6.38. The number of nitrogens with one attached hydrogen (secondary N) is 1. The van der Waals surface area contributed by atoms with E-state index in [1.807, 2.05) is 25.7 Å². The van der Waals surface area contributed by atoms with Crippen LogP contribution in [0.5, 0.6) is 0 Å². The predicted octanol–water partition coefficient (Wildman–Crippen LogP) is 1.12. The summed E-state index contributed by atoms with van der Waals surface area (Å²) in [6.07, 6.45) is 1.22. The summed E-state index contributed by atoms with van der Waals surface area (Å²) < 4.78 is 5.68. The van der Waals surface area contributed by atoms with Crippen LogP contribution in [0.25, 0.3) is 0 Å². The number of hydrogen-bond acceptors (Lipinski definition) is 3. The molecule has 74 valence electrons. The molecule has 0 aromatic rings. The average molecular weight is 199 g/mol. The minimum absolute atomic E-state index is 0.338. The third kappa shape index (κ3) is 3.60. The van der Waals surface area contributed by atoms with E-state index in [1.165, 1.54) is 0 Å². The van der Waals surface area contributed by atoms with Gasteiger partial charge in [-0.3, -0.25) is 0 Å². The second kappa shape index (κ2) is 6.31. The van der Waals surface area contributed by atoms with Crippen molar-refractivity contribution < 1.29 is 4.74 Å². The fraction of sp³-hybridized carbons (Fsp3) is 0.800. The van der Waals surface area contributed by atoms with Crippen molar-refractivity contribution in [3.05, 3.63) is 0 Å². The fourth-order valence-corrected chi connectivity index (χ4v) is 2.31. The molecule has 0 aromatic carbocycles. The normalized spacial score (nSPS) is 24.6. The summed E-state index contributed by atoms with van der Waals surface area (Å²) >= 11 is 1.97. The van der Waals surface area contributed by atoms with Crippen LogP contribution in [0.1, 0.15) is 13.3 Å². The molecule has 1 aliphatic rings. The summed E-state index contributed by atoms with van der Waals surface area (Å²) in [4.78, 5) is 0. The van der Waals surface area contributed by atoms with Gasteiger partial charge in [-0.25, -0.2) is 0 Å². The average Bonchev–Trinajstić information content (AvgIpc) is 2.21. The molecule has 1 aliphatic heterocycles. The van der Waals surface area contributed by atoms with E-state index in [9.17, 15) is 0 Å². The van der Waals surface area contributed by atoms with E-state index in [0.29, 0.717) is 12.1 Å². The zero-order chi connectivity index (χ0) is 9.52. The maximum atomic E-state index is 5.68. The van der Waals surface area contributed by atoms with Gasteiger partial charge in [0, 0.05) is 24.0 Å². The maximum absolute atomic E-state index is 5.68. The highest BCUT2D eigenvalue weighted by Crippen LogP contribution is 2.16. The number of rotatable bonds is 3. The molecule has 0 saturated carbocycles. The Morgan fingerprint density at radius 1 is 1.69 bits per heavy atom. The lowest BCUT2D eigenvalue weighted by atomic mass is 10.1. The topological polar surface area (TPSA) is 21.3 Å². The highest BCUT2D eigenvalue weighted by atomic mass is 32.2. The van der Waals surface area contributed by atoms with Crippen molar-refractivity contribution in [3.63, 3.8) is 0 Å². The van der Waals surface area contributed by atoms with Crippen LogP contribution in [0.15, 0.2) is 0 Å². The molecule has 0 amide bonds. The molecule has 1 N–H and O–H groups in total. The second-order valence-corrected chi connectivity index (χ2v) is 4.16. The van der Waals surface area contributed by atoms with Crippen molar-refractivity contribution >= 4 is 11.8 Å². The van der Waals surface area contributed by atoms with Gasteiger partial charge in [0.15, 0.2) is 0 Å². The Hall–Kier alpha value is -0.170. The Labute approximate surface area is 84.8 Å². The van der Waals surface area contributed by atoms with Crippen molar-refractivity contribution in [2.75, 3.05) is 25.2 Å². The monoisotopic (exact) mass is 199 g/mol. The number of ether oxygens (including phenoxy) is 1. The van der Waals surface area contributed by atoms with Gasteiger partial charge in [-0.1, -0.05) is 0 Å². The Morgan fingerprint density at radius 3 is 3.08 bits per heavy atom. The minimum Gasteiger partial charge on any atom is -0.375 e. The quantitative estimate of drug-likeness (QED) is 0.688. The lowest BCUT2D eigenvalue weighted by Gasteiger charge is -2.28. The molecule has 0 bridgehead atoms. The molecule has 1 saturated heterocycles.